The maximum absolute atomic E-state index is 13.1. The van der Waals surface area contributed by atoms with Crippen molar-refractivity contribution < 1.29 is 19.2 Å². The van der Waals surface area contributed by atoms with Gasteiger partial charge in [0.1, 0.15) is 0 Å². The van der Waals surface area contributed by atoms with Crippen LogP contribution in [-0.2, 0) is 0 Å². The van der Waals surface area contributed by atoms with Gasteiger partial charge in [-0.05, 0) is 48.9 Å². The number of imide groups is 2. The lowest BCUT2D eigenvalue weighted by molar-refractivity contribution is 0.0582. The smallest absolute Gasteiger partial charge is 0.261 e. The zero-order chi connectivity index (χ0) is 21.7. The monoisotopic (exact) mass is 406 g/mol. The van der Waals surface area contributed by atoms with Crippen LogP contribution in [-0.4, -0.2) is 46.5 Å². The van der Waals surface area contributed by atoms with Gasteiger partial charge in [-0.3, -0.25) is 29.0 Å². The summed E-state index contributed by atoms with van der Waals surface area (Å²) in [5.74, 6) is -0.736. The third kappa shape index (κ3) is 3.02. The van der Waals surface area contributed by atoms with Gasteiger partial charge in [-0.25, -0.2) is 0 Å². The molecule has 0 aliphatic carbocycles. The fraction of sp³-hybridized carbons (Fsp3) is 0.417. The molecule has 4 amide bonds. The Hall–Kier alpha value is -3.02. The van der Waals surface area contributed by atoms with E-state index in [1.165, 1.54) is 9.80 Å². The minimum absolute atomic E-state index is 0.348. The summed E-state index contributed by atoms with van der Waals surface area (Å²) >= 11 is 0. The van der Waals surface area contributed by atoms with Crippen LogP contribution in [0.2, 0.25) is 0 Å². The molecule has 2 heterocycles. The Morgan fingerprint density at radius 2 is 0.833 bits per heavy atom. The van der Waals surface area contributed by atoms with Gasteiger partial charge in [0.2, 0.25) is 0 Å². The maximum atomic E-state index is 13.1. The highest BCUT2D eigenvalue weighted by Crippen LogP contribution is 2.38. The molecule has 2 aromatic carbocycles. The molecule has 30 heavy (non-hydrogen) atoms. The summed E-state index contributed by atoms with van der Waals surface area (Å²) in [6.07, 6.45) is 1.43. The fourth-order valence-electron chi connectivity index (χ4n) is 4.16. The third-order valence-corrected chi connectivity index (χ3v) is 5.92. The van der Waals surface area contributed by atoms with E-state index in [0.717, 1.165) is 0 Å². The van der Waals surface area contributed by atoms with E-state index in [9.17, 15) is 19.2 Å². The van der Waals surface area contributed by atoms with Crippen molar-refractivity contribution in [1.82, 2.24) is 9.80 Å². The Morgan fingerprint density at radius 1 is 0.567 bits per heavy atom. The van der Waals surface area contributed by atoms with E-state index < -0.39 is 0 Å². The molecule has 0 spiro atoms. The second-order valence-corrected chi connectivity index (χ2v) is 8.96. The normalized spacial score (nSPS) is 15.9. The molecule has 0 N–H and O–H groups in total. The first-order chi connectivity index (χ1) is 14.2. The molecular weight excluding hydrogens is 380 g/mol. The van der Waals surface area contributed by atoms with Crippen LogP contribution in [0.1, 0.15) is 82.0 Å². The van der Waals surface area contributed by atoms with Gasteiger partial charge in [-0.15, -0.1) is 0 Å². The molecule has 0 saturated heterocycles. The van der Waals surface area contributed by atoms with Crippen LogP contribution in [0.15, 0.2) is 24.3 Å². The van der Waals surface area contributed by atoms with Crippen molar-refractivity contribution >= 4 is 34.4 Å². The summed E-state index contributed by atoms with van der Waals surface area (Å²) < 4.78 is 0. The number of rotatable bonds is 6. The predicted molar refractivity (Wildman–Crippen MR) is 114 cm³/mol. The molecular formula is C24H26N2O4. The Morgan fingerprint density at radius 3 is 1.07 bits per heavy atom. The number of benzene rings is 2. The van der Waals surface area contributed by atoms with E-state index >= 15 is 0 Å². The Balaban J connectivity index is 1.84. The highest BCUT2D eigenvalue weighted by Gasteiger charge is 2.39. The predicted octanol–water partition coefficient (Wildman–Crippen LogP) is 4.12. The van der Waals surface area contributed by atoms with Gasteiger partial charge >= 0.3 is 0 Å². The average molecular weight is 406 g/mol. The molecule has 0 unspecified atom stereocenters. The van der Waals surface area contributed by atoms with E-state index in [1.54, 1.807) is 24.3 Å². The molecule has 2 aliphatic heterocycles. The van der Waals surface area contributed by atoms with Crippen molar-refractivity contribution in [2.24, 2.45) is 11.8 Å². The summed E-state index contributed by atoms with van der Waals surface area (Å²) in [4.78, 5) is 54.9. The quantitative estimate of drug-likeness (QED) is 0.676. The van der Waals surface area contributed by atoms with Crippen molar-refractivity contribution in [3.8, 4) is 0 Å². The van der Waals surface area contributed by atoms with Crippen LogP contribution in [0.4, 0.5) is 0 Å². The average Bonchev–Trinajstić information content (AvgIpc) is 2.69. The standard InChI is InChI=1S/C24H26N2O4/c1-13(2)9-11-25-21(27)15-5-7-17-20-18(8-6-16(19(15)20)22(25)28)24(30)26(23(17)29)12-10-14(3)4/h5-8,13-14H,9-12H2,1-4H3. The van der Waals surface area contributed by atoms with E-state index in [1.807, 2.05) is 27.7 Å². The number of nitrogens with zero attached hydrogens (tertiary/aromatic N) is 2. The second-order valence-electron chi connectivity index (χ2n) is 8.96. The van der Waals surface area contributed by atoms with Crippen molar-refractivity contribution in [2.75, 3.05) is 13.1 Å². The molecule has 0 bridgehead atoms. The maximum Gasteiger partial charge on any atom is 0.261 e. The number of hydrogen-bond acceptors (Lipinski definition) is 4. The second kappa shape index (κ2) is 7.35. The molecule has 4 rings (SSSR count). The van der Waals surface area contributed by atoms with Crippen LogP contribution in [0.3, 0.4) is 0 Å². The van der Waals surface area contributed by atoms with Gasteiger partial charge in [0.25, 0.3) is 23.6 Å². The molecule has 6 heteroatoms. The van der Waals surface area contributed by atoms with Gasteiger partial charge in [-0.1, -0.05) is 27.7 Å². The lowest BCUT2D eigenvalue weighted by Crippen LogP contribution is -2.44. The Bertz CT molecular complexity index is 943. The van der Waals surface area contributed by atoms with E-state index in [2.05, 4.69) is 0 Å². The van der Waals surface area contributed by atoms with Gasteiger partial charge < -0.3 is 0 Å². The van der Waals surface area contributed by atoms with Gasteiger partial charge in [0.05, 0.1) is 0 Å². The molecule has 156 valence electrons. The zero-order valence-corrected chi connectivity index (χ0v) is 17.8. The van der Waals surface area contributed by atoms with E-state index in [-0.39, 0.29) is 23.6 Å². The molecule has 0 atom stereocenters. The molecule has 2 aromatic rings. The lowest BCUT2D eigenvalue weighted by atomic mass is 9.85. The number of amides is 4. The Kier molecular flexibility index (Phi) is 4.96. The molecule has 0 radical (unpaired) electrons. The van der Waals surface area contributed by atoms with Crippen molar-refractivity contribution in [2.45, 2.75) is 40.5 Å². The third-order valence-electron chi connectivity index (χ3n) is 5.92. The van der Waals surface area contributed by atoms with Crippen LogP contribution in [0.25, 0.3) is 10.8 Å². The van der Waals surface area contributed by atoms with Crippen molar-refractivity contribution in [1.29, 1.82) is 0 Å². The van der Waals surface area contributed by atoms with Crippen LogP contribution in [0.5, 0.6) is 0 Å². The first kappa shape index (κ1) is 20.3. The first-order valence-corrected chi connectivity index (χ1v) is 10.5. The zero-order valence-electron chi connectivity index (χ0n) is 17.8. The fourth-order valence-corrected chi connectivity index (χ4v) is 4.16. The van der Waals surface area contributed by atoms with E-state index in [4.69, 9.17) is 0 Å². The number of carbonyl (C=O) groups is 4. The molecule has 0 aromatic heterocycles. The topological polar surface area (TPSA) is 74.8 Å². The van der Waals surface area contributed by atoms with Gasteiger partial charge in [0.15, 0.2) is 0 Å². The Labute approximate surface area is 175 Å². The summed E-state index contributed by atoms with van der Waals surface area (Å²) in [5, 5.41) is 0.872. The SMILES string of the molecule is CC(C)CCN1C(=O)c2ccc3c4c(ccc(c24)C1=O)C(=O)N(CCC(C)C)C3=O. The minimum Gasteiger partial charge on any atom is -0.274 e. The first-order valence-electron chi connectivity index (χ1n) is 10.5. The molecule has 0 fully saturated rings. The molecule has 0 saturated carbocycles. The van der Waals surface area contributed by atoms with Crippen LogP contribution in [0, 0.1) is 11.8 Å². The number of hydrogen-bond donors (Lipinski definition) is 0. The van der Waals surface area contributed by atoms with Crippen LogP contribution < -0.4 is 0 Å². The number of carbonyl (C=O) groups excluding carboxylic acids is 4. The van der Waals surface area contributed by atoms with Crippen molar-refractivity contribution in [3.05, 3.63) is 46.5 Å². The summed E-state index contributed by atoms with van der Waals surface area (Å²) in [6, 6.07) is 6.49. The molecule has 6 nitrogen and oxygen atoms in total. The van der Waals surface area contributed by atoms with E-state index in [0.29, 0.717) is 70.8 Å². The summed E-state index contributed by atoms with van der Waals surface area (Å²) in [5.41, 5.74) is 1.52. The highest BCUT2D eigenvalue weighted by molar-refractivity contribution is 6.33. The van der Waals surface area contributed by atoms with Crippen molar-refractivity contribution in [3.63, 3.8) is 0 Å². The summed E-state index contributed by atoms with van der Waals surface area (Å²) in [6.45, 7) is 8.86. The lowest BCUT2D eigenvalue weighted by Gasteiger charge is -2.32. The highest BCUT2D eigenvalue weighted by atomic mass is 16.2. The minimum atomic E-state index is -0.362. The molecule has 2 aliphatic rings. The van der Waals surface area contributed by atoms with Gasteiger partial charge in [-0.2, -0.15) is 0 Å². The largest absolute Gasteiger partial charge is 0.274 e. The summed E-state index contributed by atoms with van der Waals surface area (Å²) in [7, 11) is 0. The van der Waals surface area contributed by atoms with Gasteiger partial charge in [0, 0.05) is 46.1 Å². The van der Waals surface area contributed by atoms with Crippen LogP contribution >= 0.6 is 0 Å².